The van der Waals surface area contributed by atoms with E-state index in [-0.39, 0.29) is 35.8 Å². The fourth-order valence-corrected chi connectivity index (χ4v) is 3.60. The van der Waals surface area contributed by atoms with Crippen LogP contribution in [0.3, 0.4) is 0 Å². The molecule has 0 aliphatic rings. The molecule has 0 aliphatic carbocycles. The molecule has 0 atom stereocenters. The van der Waals surface area contributed by atoms with E-state index in [1.54, 1.807) is 44.2 Å². The van der Waals surface area contributed by atoms with Crippen molar-refractivity contribution in [1.29, 1.82) is 0 Å². The lowest BCUT2D eigenvalue weighted by Gasteiger charge is -2.20. The van der Waals surface area contributed by atoms with Crippen LogP contribution in [0.1, 0.15) is 28.9 Å². The van der Waals surface area contributed by atoms with Crippen LogP contribution in [0.25, 0.3) is 16.6 Å². The standard InChI is InChI=1S/C23H20N6O5/c1-3-27(13-20-24-16-9-5-4-8-15(16)22(31)25-20)23(32)21-19(30)12-14(2)28(26-21)17-10-6-7-11-18(17)29(33)34/h4-12H,3,13H2,1-2H3,(H,24,25,31). The number of nitro groups is 1. The molecule has 0 fully saturated rings. The second kappa shape index (κ2) is 9.06. The molecule has 1 amide bonds. The van der Waals surface area contributed by atoms with Gasteiger partial charge in [-0.15, -0.1) is 0 Å². The Morgan fingerprint density at radius 1 is 1.15 bits per heavy atom. The maximum atomic E-state index is 13.3. The van der Waals surface area contributed by atoms with Crippen molar-refractivity contribution in [3.05, 3.63) is 103 Å². The van der Waals surface area contributed by atoms with E-state index in [2.05, 4.69) is 15.1 Å². The van der Waals surface area contributed by atoms with Crippen molar-refractivity contribution in [1.82, 2.24) is 24.6 Å². The Hall–Kier alpha value is -4.67. The highest BCUT2D eigenvalue weighted by atomic mass is 16.6. The van der Waals surface area contributed by atoms with Crippen LogP contribution in [0.4, 0.5) is 5.69 Å². The number of carbonyl (C=O) groups excluding carboxylic acids is 1. The molecule has 11 heteroatoms. The molecule has 2 aromatic heterocycles. The number of fused-ring (bicyclic) bond motifs is 1. The van der Waals surface area contributed by atoms with E-state index in [1.807, 2.05) is 0 Å². The summed E-state index contributed by atoms with van der Waals surface area (Å²) in [5.74, 6) is -0.430. The summed E-state index contributed by atoms with van der Waals surface area (Å²) in [6, 6.07) is 13.9. The van der Waals surface area contributed by atoms with Crippen molar-refractivity contribution in [3.63, 3.8) is 0 Å². The summed E-state index contributed by atoms with van der Waals surface area (Å²) in [7, 11) is 0. The Kier molecular flexibility index (Phi) is 6.00. The highest BCUT2D eigenvalue weighted by Gasteiger charge is 2.24. The molecule has 34 heavy (non-hydrogen) atoms. The van der Waals surface area contributed by atoms with Gasteiger partial charge < -0.3 is 9.88 Å². The molecule has 0 spiro atoms. The Labute approximate surface area is 192 Å². The molecule has 0 unspecified atom stereocenters. The third-order valence-corrected chi connectivity index (χ3v) is 5.29. The number of benzene rings is 2. The van der Waals surface area contributed by atoms with Crippen LogP contribution in [-0.4, -0.2) is 42.0 Å². The first kappa shape index (κ1) is 22.5. The van der Waals surface area contributed by atoms with E-state index >= 15 is 0 Å². The highest BCUT2D eigenvalue weighted by Crippen LogP contribution is 2.22. The second-order valence-electron chi connectivity index (χ2n) is 7.51. The Morgan fingerprint density at radius 3 is 2.59 bits per heavy atom. The summed E-state index contributed by atoms with van der Waals surface area (Å²) in [6.07, 6.45) is 0. The first-order valence-electron chi connectivity index (χ1n) is 10.4. The molecule has 0 aliphatic heterocycles. The van der Waals surface area contributed by atoms with Crippen LogP contribution in [-0.2, 0) is 6.54 Å². The van der Waals surface area contributed by atoms with Crippen molar-refractivity contribution in [2.75, 3.05) is 6.54 Å². The summed E-state index contributed by atoms with van der Waals surface area (Å²) in [5, 5.41) is 16.1. The summed E-state index contributed by atoms with van der Waals surface area (Å²) >= 11 is 0. The number of amides is 1. The van der Waals surface area contributed by atoms with E-state index in [9.17, 15) is 24.5 Å². The maximum Gasteiger partial charge on any atom is 0.294 e. The highest BCUT2D eigenvalue weighted by molar-refractivity contribution is 5.92. The fourth-order valence-electron chi connectivity index (χ4n) is 3.60. The number of hydrogen-bond acceptors (Lipinski definition) is 7. The third-order valence-electron chi connectivity index (χ3n) is 5.29. The zero-order chi connectivity index (χ0) is 24.4. The van der Waals surface area contributed by atoms with Gasteiger partial charge in [-0.05, 0) is 32.0 Å². The molecular weight excluding hydrogens is 440 g/mol. The number of nitro benzene ring substituents is 1. The number of hydrogen-bond donors (Lipinski definition) is 1. The van der Waals surface area contributed by atoms with Gasteiger partial charge in [-0.3, -0.25) is 24.5 Å². The molecule has 0 bridgehead atoms. The molecule has 0 saturated carbocycles. The number of rotatable bonds is 6. The van der Waals surface area contributed by atoms with Crippen molar-refractivity contribution in [3.8, 4) is 5.69 Å². The number of para-hydroxylation sites is 3. The predicted octanol–water partition coefficient (Wildman–Crippen LogP) is 2.35. The Bertz CT molecular complexity index is 1540. The van der Waals surface area contributed by atoms with Gasteiger partial charge in [-0.1, -0.05) is 24.3 Å². The first-order chi connectivity index (χ1) is 16.3. The molecule has 1 N–H and O–H groups in total. The zero-order valence-corrected chi connectivity index (χ0v) is 18.4. The molecule has 0 saturated heterocycles. The van der Waals surface area contributed by atoms with Crippen molar-refractivity contribution < 1.29 is 9.72 Å². The first-order valence-corrected chi connectivity index (χ1v) is 10.4. The quantitative estimate of drug-likeness (QED) is 0.343. The zero-order valence-electron chi connectivity index (χ0n) is 18.4. The summed E-state index contributed by atoms with van der Waals surface area (Å²) < 4.78 is 1.21. The van der Waals surface area contributed by atoms with Gasteiger partial charge in [0, 0.05) is 24.4 Å². The monoisotopic (exact) mass is 460 g/mol. The molecule has 2 heterocycles. The lowest BCUT2D eigenvalue weighted by molar-refractivity contribution is -0.384. The van der Waals surface area contributed by atoms with Gasteiger partial charge in [-0.25, -0.2) is 9.67 Å². The molecule has 4 aromatic rings. The van der Waals surface area contributed by atoms with Crippen molar-refractivity contribution in [2.24, 2.45) is 0 Å². The molecule has 11 nitrogen and oxygen atoms in total. The summed E-state index contributed by atoms with van der Waals surface area (Å²) in [5.41, 5.74) is -0.620. The van der Waals surface area contributed by atoms with Crippen molar-refractivity contribution >= 4 is 22.5 Å². The topological polar surface area (TPSA) is 144 Å². The number of nitrogens with one attached hydrogen (secondary N) is 1. The number of aromatic nitrogens is 4. The molecular formula is C23H20N6O5. The smallest absolute Gasteiger partial charge is 0.294 e. The lowest BCUT2D eigenvalue weighted by Crippen LogP contribution is -2.36. The predicted molar refractivity (Wildman–Crippen MR) is 124 cm³/mol. The van der Waals surface area contributed by atoms with Crippen LogP contribution in [0.5, 0.6) is 0 Å². The number of nitrogens with zero attached hydrogens (tertiary/aromatic N) is 5. The third kappa shape index (κ3) is 4.18. The second-order valence-corrected chi connectivity index (χ2v) is 7.51. The Balaban J connectivity index is 1.74. The van der Waals surface area contributed by atoms with Crippen molar-refractivity contribution in [2.45, 2.75) is 20.4 Å². The SMILES string of the molecule is CCN(Cc1nc2ccccc2c(=O)[nH]1)C(=O)c1nn(-c2ccccc2[N+](=O)[O-])c(C)cc1=O. The van der Waals surface area contributed by atoms with Crippen LogP contribution in [0, 0.1) is 17.0 Å². The van der Waals surface area contributed by atoms with Crippen LogP contribution >= 0.6 is 0 Å². The fraction of sp³-hybridized carbons (Fsp3) is 0.174. The number of aromatic amines is 1. The molecule has 0 radical (unpaired) electrons. The van der Waals surface area contributed by atoms with Gasteiger partial charge in [0.2, 0.25) is 5.43 Å². The lowest BCUT2D eigenvalue weighted by atomic mass is 10.2. The van der Waals surface area contributed by atoms with Crippen LogP contribution in [0.15, 0.2) is 64.2 Å². The van der Waals surface area contributed by atoms with Gasteiger partial charge in [0.25, 0.3) is 17.2 Å². The average molecular weight is 460 g/mol. The van der Waals surface area contributed by atoms with E-state index in [1.165, 1.54) is 33.8 Å². The largest absolute Gasteiger partial charge is 0.330 e. The van der Waals surface area contributed by atoms with Gasteiger partial charge in [0.15, 0.2) is 5.69 Å². The normalized spacial score (nSPS) is 10.9. The van der Waals surface area contributed by atoms with Crippen LogP contribution < -0.4 is 11.0 Å². The van der Waals surface area contributed by atoms with Gasteiger partial charge in [0.05, 0.1) is 22.4 Å². The van der Waals surface area contributed by atoms with Gasteiger partial charge >= 0.3 is 0 Å². The number of aryl methyl sites for hydroxylation is 1. The molecule has 4 rings (SSSR count). The maximum absolute atomic E-state index is 13.3. The van der Waals surface area contributed by atoms with Gasteiger partial charge in [0.1, 0.15) is 11.5 Å². The van der Waals surface area contributed by atoms with E-state index in [4.69, 9.17) is 0 Å². The van der Waals surface area contributed by atoms with E-state index in [0.29, 0.717) is 16.6 Å². The van der Waals surface area contributed by atoms with E-state index in [0.717, 1.165) is 0 Å². The van der Waals surface area contributed by atoms with Crippen LogP contribution in [0.2, 0.25) is 0 Å². The minimum atomic E-state index is -0.685. The number of carbonyl (C=O) groups is 1. The number of H-pyrrole nitrogens is 1. The minimum absolute atomic E-state index is 0.0596. The molecule has 172 valence electrons. The van der Waals surface area contributed by atoms with Gasteiger partial charge in [-0.2, -0.15) is 5.10 Å². The Morgan fingerprint density at radius 2 is 1.85 bits per heavy atom. The van der Waals surface area contributed by atoms with E-state index < -0.39 is 22.0 Å². The minimum Gasteiger partial charge on any atom is -0.330 e. The summed E-state index contributed by atoms with van der Waals surface area (Å²) in [4.78, 5) is 57.6. The molecule has 2 aromatic carbocycles. The average Bonchev–Trinajstić information content (AvgIpc) is 2.82. The summed E-state index contributed by atoms with van der Waals surface area (Å²) in [6.45, 7) is 3.43.